The monoisotopic (exact) mass is 1130 g/mol. The van der Waals surface area contributed by atoms with Gasteiger partial charge in [0.05, 0.1) is 19.1 Å². The van der Waals surface area contributed by atoms with Gasteiger partial charge < -0.3 is 57.4 Å². The standard InChI is InChI=1S/C57H103N11O12/c1-21-36(10)22-23-43(69)67-30-37(11)29-42(67)50(75)60-39(26-32(2)3)48(73)62-45(46(71)35(8)9)51(76)64-56(15,16)53(78)61-40(27-33(4)5)47(72)59-41(28-34(6)7)49(74)63-57(17,18)54(79)65-55(13,14)52(77)58-25-24-44(70)68(80)38(12)31-66(19)20/h22-23,32-42,45-46,71,80H,21,24-31H2,1-20H3,(H,58,77)(H,59,72)(H,60,75)(H,61,78)(H,62,73)(H,63,74)(H,64,76)(H,65,79)/p+1/b23-22+/t36-,37-,38-,39+,40+,41+,42+,45+,46-/m1/s1. The molecule has 1 rings (SSSR count). The van der Waals surface area contributed by atoms with Crippen LogP contribution in [0.3, 0.4) is 0 Å². The second kappa shape index (κ2) is 32.2. The van der Waals surface area contributed by atoms with E-state index in [1.54, 1.807) is 26.8 Å². The van der Waals surface area contributed by atoms with Gasteiger partial charge in [-0.1, -0.05) is 88.7 Å². The maximum Gasteiger partial charge on any atom is 0.345 e. The van der Waals surface area contributed by atoms with E-state index in [0.717, 1.165) is 6.42 Å². The molecule has 1 aliphatic rings. The number of aliphatic hydroxyl groups excluding tert-OH is 1. The number of likely N-dealkylation sites (tertiary alicyclic amines) is 1. The van der Waals surface area contributed by atoms with E-state index in [2.05, 4.69) is 42.5 Å². The number of quaternary nitrogens is 1. The van der Waals surface area contributed by atoms with Crippen LogP contribution in [0, 0.1) is 35.5 Å². The van der Waals surface area contributed by atoms with Crippen molar-refractivity contribution in [1.29, 1.82) is 0 Å². The topological polar surface area (TPSA) is 318 Å². The fraction of sp³-hybridized carbons (Fsp3) is 0.789. The fourth-order valence-corrected chi connectivity index (χ4v) is 8.89. The summed E-state index contributed by atoms with van der Waals surface area (Å²) in [4.78, 5) is 141. The molecule has 11 N–H and O–H groups in total. The molecule has 0 aromatic rings. The number of hydrogen-bond donors (Lipinski definition) is 11. The van der Waals surface area contributed by atoms with Crippen LogP contribution in [0.5, 0.6) is 0 Å². The fourth-order valence-electron chi connectivity index (χ4n) is 8.89. The Morgan fingerprint density at radius 2 is 1.12 bits per heavy atom. The molecule has 23 heteroatoms. The number of nitrogens with zero attached hydrogens (tertiary/aromatic N) is 2. The van der Waals surface area contributed by atoms with Gasteiger partial charge in [-0.05, 0) is 130 Å². The summed E-state index contributed by atoms with van der Waals surface area (Å²) in [6.45, 7) is 31.2. The van der Waals surface area contributed by atoms with Crippen molar-refractivity contribution in [3.05, 3.63) is 12.2 Å². The Morgan fingerprint density at radius 1 is 0.650 bits per heavy atom. The average Bonchev–Trinajstić information content (AvgIpc) is 3.73. The molecular weight excluding hydrogens is 1030 g/mol. The first kappa shape index (κ1) is 72.5. The Morgan fingerprint density at radius 3 is 1.62 bits per heavy atom. The number of carbonyl (C=O) groups excluding carboxylic acids is 10. The van der Waals surface area contributed by atoms with Gasteiger partial charge in [-0.25, -0.2) is 10.0 Å². The summed E-state index contributed by atoms with van der Waals surface area (Å²) in [5.41, 5.74) is -4.91. The van der Waals surface area contributed by atoms with Gasteiger partial charge in [-0.2, -0.15) is 0 Å². The van der Waals surface area contributed by atoms with Crippen molar-refractivity contribution in [3.8, 4) is 0 Å². The normalized spacial score (nSPS) is 18.2. The van der Waals surface area contributed by atoms with E-state index in [1.807, 2.05) is 81.3 Å². The molecule has 0 spiro atoms. The molecule has 0 aliphatic carbocycles. The molecule has 10 atom stereocenters. The van der Waals surface area contributed by atoms with E-state index < -0.39 is 118 Å². The minimum atomic E-state index is -1.77. The number of amides is 10. The third-order valence-electron chi connectivity index (χ3n) is 14.0. The zero-order valence-corrected chi connectivity index (χ0v) is 51.9. The zero-order chi connectivity index (χ0) is 61.9. The first-order chi connectivity index (χ1) is 36.7. The molecule has 0 bridgehead atoms. The van der Waals surface area contributed by atoms with Crippen molar-refractivity contribution in [3.63, 3.8) is 0 Å². The number of likely N-dealkylation sites (N-methyl/N-ethyl adjacent to an activating group) is 1. The average molecular weight is 1140 g/mol. The van der Waals surface area contributed by atoms with E-state index in [4.69, 9.17) is 0 Å². The number of allylic oxidation sites excluding steroid dienone is 1. The van der Waals surface area contributed by atoms with Gasteiger partial charge in [0.1, 0.15) is 52.9 Å². The van der Waals surface area contributed by atoms with Crippen LogP contribution < -0.4 is 47.6 Å². The largest absolute Gasteiger partial charge is 0.390 e. The molecular formula is C57H104N11O12+. The second-order valence-electron chi connectivity index (χ2n) is 25.6. The lowest BCUT2D eigenvalue weighted by molar-refractivity contribution is -1.04. The molecule has 10 amide bonds. The number of hydroxylamine groups is 2. The SMILES string of the molecule is CC[C@@H](C)/C=C/C(=O)N1C[C@H](C)C[C@H]1C(=O)N[C@@H](CC(C)C)C(=O)N[C@H](C(=O)NC(C)(C)C(=O)N[C@@H](CC(C)C)C(=O)N[C@@H](CC(C)C)C(=O)NC(C)(C)C(=O)NC(C)(C)C(=O)NCCC(=O)[NH+](O)[C@H](C)CN(C)C)[C@H](O)C(C)C. The molecule has 0 aromatic heterocycles. The maximum absolute atomic E-state index is 14.2. The van der Waals surface area contributed by atoms with Crippen molar-refractivity contribution in [1.82, 2.24) is 52.3 Å². The van der Waals surface area contributed by atoms with E-state index >= 15 is 0 Å². The lowest BCUT2D eigenvalue weighted by Gasteiger charge is -2.34. The highest BCUT2D eigenvalue weighted by molar-refractivity contribution is 6.00. The van der Waals surface area contributed by atoms with Gasteiger partial charge in [0.2, 0.25) is 53.2 Å². The summed E-state index contributed by atoms with van der Waals surface area (Å²) in [6, 6.07) is -6.47. The summed E-state index contributed by atoms with van der Waals surface area (Å²) >= 11 is 0. The van der Waals surface area contributed by atoms with Crippen LogP contribution >= 0.6 is 0 Å². The van der Waals surface area contributed by atoms with Gasteiger partial charge >= 0.3 is 5.91 Å². The first-order valence-corrected chi connectivity index (χ1v) is 28.5. The van der Waals surface area contributed by atoms with Gasteiger partial charge in [-0.3, -0.25) is 43.2 Å². The van der Waals surface area contributed by atoms with E-state index in [9.17, 15) is 58.3 Å². The Kier molecular flexibility index (Phi) is 29.2. The van der Waals surface area contributed by atoms with Crippen LogP contribution in [-0.4, -0.2) is 172 Å². The van der Waals surface area contributed by atoms with E-state index in [-0.39, 0.29) is 72.8 Å². The van der Waals surface area contributed by atoms with Gasteiger partial charge in [0.25, 0.3) is 0 Å². The van der Waals surface area contributed by atoms with Crippen molar-refractivity contribution < 1.29 is 63.3 Å². The molecule has 23 nitrogen and oxygen atoms in total. The van der Waals surface area contributed by atoms with Crippen LogP contribution in [-0.2, 0) is 47.9 Å². The highest BCUT2D eigenvalue weighted by Crippen LogP contribution is 2.25. The predicted octanol–water partition coefficient (Wildman–Crippen LogP) is 0.862. The van der Waals surface area contributed by atoms with Crippen molar-refractivity contribution in [2.24, 2.45) is 35.5 Å². The van der Waals surface area contributed by atoms with Crippen molar-refractivity contribution >= 4 is 59.1 Å². The molecule has 1 fully saturated rings. The minimum absolute atomic E-state index is 0.0210. The highest BCUT2D eigenvalue weighted by Gasteiger charge is 2.43. The summed E-state index contributed by atoms with van der Waals surface area (Å²) in [6.07, 6.45) is 3.25. The number of rotatable bonds is 32. The molecule has 1 unspecified atom stereocenters. The summed E-state index contributed by atoms with van der Waals surface area (Å²) in [5.74, 6) is -7.47. The van der Waals surface area contributed by atoms with Crippen molar-refractivity contribution in [2.75, 3.05) is 33.7 Å². The summed E-state index contributed by atoms with van der Waals surface area (Å²) in [5, 5.41) is 42.9. The molecule has 1 heterocycles. The Hall–Kier alpha value is -5.52. The number of carbonyl (C=O) groups is 10. The van der Waals surface area contributed by atoms with E-state index in [0.29, 0.717) is 19.5 Å². The lowest BCUT2D eigenvalue weighted by atomic mass is 9.95. The Bertz CT molecular complexity index is 2160. The third kappa shape index (κ3) is 23.9. The summed E-state index contributed by atoms with van der Waals surface area (Å²) < 4.78 is 0. The Labute approximate surface area is 476 Å². The minimum Gasteiger partial charge on any atom is -0.390 e. The highest BCUT2D eigenvalue weighted by atomic mass is 16.5. The predicted molar refractivity (Wildman–Crippen MR) is 305 cm³/mol. The van der Waals surface area contributed by atoms with Gasteiger partial charge in [0, 0.05) is 13.1 Å². The molecule has 1 aliphatic heterocycles. The molecule has 0 aromatic carbocycles. The molecule has 80 heavy (non-hydrogen) atoms. The summed E-state index contributed by atoms with van der Waals surface area (Å²) in [7, 11) is 3.63. The van der Waals surface area contributed by atoms with Crippen LogP contribution in [0.4, 0.5) is 0 Å². The molecule has 1 saturated heterocycles. The van der Waals surface area contributed by atoms with Crippen LogP contribution in [0.1, 0.15) is 163 Å². The maximum atomic E-state index is 14.2. The van der Waals surface area contributed by atoms with E-state index in [1.165, 1.54) is 52.5 Å². The number of hydrogen-bond acceptors (Lipinski definition) is 13. The van der Waals surface area contributed by atoms with Crippen molar-refractivity contribution in [2.45, 2.75) is 222 Å². The quantitative estimate of drug-likeness (QED) is 0.0254. The smallest absolute Gasteiger partial charge is 0.345 e. The first-order valence-electron chi connectivity index (χ1n) is 28.5. The number of aliphatic hydroxyl groups is 1. The third-order valence-corrected chi connectivity index (χ3v) is 14.0. The Balaban J connectivity index is 3.28. The van der Waals surface area contributed by atoms with Crippen LogP contribution in [0.25, 0.3) is 0 Å². The van der Waals surface area contributed by atoms with Gasteiger partial charge in [-0.15, -0.1) is 5.06 Å². The molecule has 0 radical (unpaired) electrons. The zero-order valence-electron chi connectivity index (χ0n) is 51.9. The second-order valence-corrected chi connectivity index (χ2v) is 25.6. The molecule has 458 valence electrons. The van der Waals surface area contributed by atoms with Crippen LogP contribution in [0.2, 0.25) is 0 Å². The van der Waals surface area contributed by atoms with Crippen LogP contribution in [0.15, 0.2) is 12.2 Å². The van der Waals surface area contributed by atoms with Gasteiger partial charge in [0.15, 0.2) is 0 Å². The lowest BCUT2D eigenvalue weighted by Crippen LogP contribution is -3.16. The number of nitrogens with one attached hydrogen (secondary N) is 9. The molecule has 0 saturated carbocycles.